The normalized spacial score (nSPS) is 27.2. The Morgan fingerprint density at radius 1 is 1.26 bits per heavy atom. The smallest absolute Gasteiger partial charge is 0.138 e. The van der Waals surface area contributed by atoms with Gasteiger partial charge in [-0.15, -0.1) is 5.10 Å². The van der Waals surface area contributed by atoms with Gasteiger partial charge in [-0.3, -0.25) is 9.80 Å². The highest BCUT2D eigenvalue weighted by Crippen LogP contribution is 2.24. The quantitative estimate of drug-likeness (QED) is 0.909. The van der Waals surface area contributed by atoms with Gasteiger partial charge in [-0.2, -0.15) is 0 Å². The molecule has 5 nitrogen and oxygen atoms in total. The van der Waals surface area contributed by atoms with Gasteiger partial charge in [0.15, 0.2) is 0 Å². The maximum Gasteiger partial charge on any atom is 0.138 e. The van der Waals surface area contributed by atoms with E-state index in [0.717, 1.165) is 55.6 Å². The summed E-state index contributed by atoms with van der Waals surface area (Å²) in [6.07, 6.45) is 3.51. The van der Waals surface area contributed by atoms with Crippen molar-refractivity contribution in [3.05, 3.63) is 10.0 Å². The Hall–Kier alpha value is -0.270. The van der Waals surface area contributed by atoms with E-state index in [0.29, 0.717) is 12.1 Å². The van der Waals surface area contributed by atoms with Crippen LogP contribution >= 0.6 is 23.1 Å². The fraction of sp³-hybridized carbons (Fsp3) is 0.833. The standard InChI is InChI=1S/C12H20ClN5S/c13-12-11(15-16-19-12)8-17-4-3-10(7-17)18-5-1-9(14)2-6-18/h9-10H,1-8,14H2. The van der Waals surface area contributed by atoms with Crippen LogP contribution in [0.5, 0.6) is 0 Å². The lowest BCUT2D eigenvalue weighted by Gasteiger charge is -2.34. The number of likely N-dealkylation sites (tertiary alicyclic amines) is 2. The van der Waals surface area contributed by atoms with Crippen molar-refractivity contribution < 1.29 is 0 Å². The lowest BCUT2D eigenvalue weighted by Crippen LogP contribution is -2.46. The molecule has 2 fully saturated rings. The van der Waals surface area contributed by atoms with Gasteiger partial charge in [-0.05, 0) is 32.4 Å². The van der Waals surface area contributed by atoms with Gasteiger partial charge in [0.25, 0.3) is 0 Å². The van der Waals surface area contributed by atoms with E-state index in [9.17, 15) is 0 Å². The van der Waals surface area contributed by atoms with Gasteiger partial charge in [0.2, 0.25) is 0 Å². The van der Waals surface area contributed by atoms with Crippen LogP contribution in [0.4, 0.5) is 0 Å². The van der Waals surface area contributed by atoms with Gasteiger partial charge < -0.3 is 5.73 Å². The molecule has 1 atom stereocenters. The van der Waals surface area contributed by atoms with Gasteiger partial charge >= 0.3 is 0 Å². The second-order valence-electron chi connectivity index (χ2n) is 5.54. The van der Waals surface area contributed by atoms with Crippen molar-refractivity contribution in [3.63, 3.8) is 0 Å². The number of piperidine rings is 1. The Labute approximate surface area is 122 Å². The fourth-order valence-corrected chi connectivity index (χ4v) is 3.65. The molecule has 0 aliphatic carbocycles. The summed E-state index contributed by atoms with van der Waals surface area (Å²) in [4.78, 5) is 5.03. The predicted molar refractivity (Wildman–Crippen MR) is 77.4 cm³/mol. The number of hydrogen-bond acceptors (Lipinski definition) is 6. The van der Waals surface area contributed by atoms with E-state index >= 15 is 0 Å². The lowest BCUT2D eigenvalue weighted by molar-refractivity contribution is 0.151. The molecule has 3 heterocycles. The summed E-state index contributed by atoms with van der Waals surface area (Å²) in [7, 11) is 0. The fourth-order valence-electron chi connectivity index (χ4n) is 3.04. The summed E-state index contributed by atoms with van der Waals surface area (Å²) in [5, 5.41) is 4.09. The van der Waals surface area contributed by atoms with E-state index < -0.39 is 0 Å². The van der Waals surface area contributed by atoms with E-state index in [4.69, 9.17) is 17.3 Å². The van der Waals surface area contributed by atoms with Crippen LogP contribution < -0.4 is 5.73 Å². The third-order valence-corrected chi connectivity index (χ3v) is 5.21. The first-order valence-electron chi connectivity index (χ1n) is 6.91. The molecule has 19 heavy (non-hydrogen) atoms. The zero-order valence-electron chi connectivity index (χ0n) is 11.0. The minimum Gasteiger partial charge on any atom is -0.328 e. The molecule has 2 saturated heterocycles. The highest BCUT2D eigenvalue weighted by atomic mass is 35.5. The van der Waals surface area contributed by atoms with Crippen LogP contribution in [-0.4, -0.2) is 57.6 Å². The molecule has 2 aliphatic rings. The van der Waals surface area contributed by atoms with Crippen molar-refractivity contribution >= 4 is 23.1 Å². The van der Waals surface area contributed by atoms with Crippen LogP contribution in [-0.2, 0) is 6.54 Å². The maximum absolute atomic E-state index is 6.06. The maximum atomic E-state index is 6.06. The van der Waals surface area contributed by atoms with E-state index in [1.54, 1.807) is 0 Å². The van der Waals surface area contributed by atoms with Gasteiger partial charge in [-0.25, -0.2) is 0 Å². The molecule has 2 N–H and O–H groups in total. The van der Waals surface area contributed by atoms with Crippen LogP contribution in [0.2, 0.25) is 4.34 Å². The van der Waals surface area contributed by atoms with Gasteiger partial charge in [-0.1, -0.05) is 16.1 Å². The van der Waals surface area contributed by atoms with Gasteiger partial charge in [0.05, 0.1) is 0 Å². The number of halogens is 1. The summed E-state index contributed by atoms with van der Waals surface area (Å²) in [6.45, 7) is 5.38. The molecule has 0 aromatic carbocycles. The SMILES string of the molecule is NC1CCN(C2CCN(Cc3nnsc3Cl)C2)CC1. The number of aromatic nitrogens is 2. The monoisotopic (exact) mass is 301 g/mol. The zero-order valence-corrected chi connectivity index (χ0v) is 12.5. The first kappa shape index (κ1) is 13.7. The third kappa shape index (κ3) is 3.25. The van der Waals surface area contributed by atoms with Crippen molar-refractivity contribution in [2.24, 2.45) is 5.73 Å². The summed E-state index contributed by atoms with van der Waals surface area (Å²) < 4.78 is 4.62. The number of nitrogens with zero attached hydrogens (tertiary/aromatic N) is 4. The van der Waals surface area contributed by atoms with Crippen molar-refractivity contribution in [1.29, 1.82) is 0 Å². The third-order valence-electron chi connectivity index (χ3n) is 4.22. The molecule has 106 valence electrons. The Kier molecular flexibility index (Phi) is 4.34. The molecule has 0 saturated carbocycles. The van der Waals surface area contributed by atoms with Crippen LogP contribution in [0, 0.1) is 0 Å². The second-order valence-corrected chi connectivity index (χ2v) is 6.90. The Morgan fingerprint density at radius 3 is 2.74 bits per heavy atom. The molecule has 0 bridgehead atoms. The zero-order chi connectivity index (χ0) is 13.2. The lowest BCUT2D eigenvalue weighted by atomic mass is 10.0. The number of rotatable bonds is 3. The van der Waals surface area contributed by atoms with Crippen molar-refractivity contribution in [1.82, 2.24) is 19.4 Å². The number of nitrogens with two attached hydrogens (primary N) is 1. The van der Waals surface area contributed by atoms with E-state index in [2.05, 4.69) is 19.4 Å². The van der Waals surface area contributed by atoms with Gasteiger partial charge in [0.1, 0.15) is 10.0 Å². The largest absolute Gasteiger partial charge is 0.328 e. The molecule has 0 radical (unpaired) electrons. The highest BCUT2D eigenvalue weighted by molar-refractivity contribution is 7.10. The summed E-state index contributed by atoms with van der Waals surface area (Å²) in [5.74, 6) is 0. The van der Waals surface area contributed by atoms with E-state index in [-0.39, 0.29) is 0 Å². The summed E-state index contributed by atoms with van der Waals surface area (Å²) in [6, 6.07) is 1.09. The molecule has 1 unspecified atom stereocenters. The summed E-state index contributed by atoms with van der Waals surface area (Å²) in [5.41, 5.74) is 6.89. The Balaban J connectivity index is 1.51. The minimum absolute atomic E-state index is 0.411. The molecule has 2 aliphatic heterocycles. The topological polar surface area (TPSA) is 58.3 Å². The molecular formula is C12H20ClN5S. The van der Waals surface area contributed by atoms with Crippen LogP contribution in [0.25, 0.3) is 0 Å². The van der Waals surface area contributed by atoms with Crippen molar-refractivity contribution in [2.45, 2.75) is 37.9 Å². The second kappa shape index (κ2) is 6.01. The molecule has 0 amide bonds. The van der Waals surface area contributed by atoms with Crippen LogP contribution in [0.3, 0.4) is 0 Å². The predicted octanol–water partition coefficient (Wildman–Crippen LogP) is 1.19. The van der Waals surface area contributed by atoms with Gasteiger partial charge in [0, 0.05) is 43.3 Å². The molecule has 1 aromatic heterocycles. The Morgan fingerprint density at radius 2 is 2.05 bits per heavy atom. The van der Waals surface area contributed by atoms with E-state index in [1.807, 2.05) is 0 Å². The summed E-state index contributed by atoms with van der Waals surface area (Å²) >= 11 is 7.33. The molecule has 3 rings (SSSR count). The van der Waals surface area contributed by atoms with Crippen LogP contribution in [0.15, 0.2) is 0 Å². The first-order valence-corrected chi connectivity index (χ1v) is 8.06. The molecular weight excluding hydrogens is 282 g/mol. The molecule has 1 aromatic rings. The average Bonchev–Trinajstić information content (AvgIpc) is 3.01. The first-order chi connectivity index (χ1) is 9.22. The Bertz CT molecular complexity index is 418. The molecule has 0 spiro atoms. The highest BCUT2D eigenvalue weighted by Gasteiger charge is 2.30. The average molecular weight is 302 g/mol. The van der Waals surface area contributed by atoms with E-state index in [1.165, 1.54) is 18.0 Å². The van der Waals surface area contributed by atoms with Crippen molar-refractivity contribution in [2.75, 3.05) is 26.2 Å². The van der Waals surface area contributed by atoms with Crippen LogP contribution in [0.1, 0.15) is 25.0 Å². The minimum atomic E-state index is 0.411. The molecule has 7 heteroatoms. The van der Waals surface area contributed by atoms with Crippen molar-refractivity contribution in [3.8, 4) is 0 Å². The number of hydrogen-bond donors (Lipinski definition) is 1.